The molecule has 1 saturated heterocycles. The first-order chi connectivity index (χ1) is 14.9. The highest BCUT2D eigenvalue weighted by Gasteiger charge is 2.39. The molecular formula is C22H23N5O4. The molecule has 160 valence electrons. The Morgan fingerprint density at radius 1 is 1.29 bits per heavy atom. The lowest BCUT2D eigenvalue weighted by Crippen LogP contribution is -2.43. The van der Waals surface area contributed by atoms with Gasteiger partial charge in [0.25, 0.3) is 5.91 Å². The van der Waals surface area contributed by atoms with Gasteiger partial charge in [-0.05, 0) is 24.6 Å². The Bertz CT molecular complexity index is 1000. The zero-order valence-electron chi connectivity index (χ0n) is 17.3. The van der Waals surface area contributed by atoms with Crippen molar-refractivity contribution in [2.24, 2.45) is 5.92 Å². The highest BCUT2D eigenvalue weighted by Crippen LogP contribution is 2.25. The molecule has 3 amide bonds. The van der Waals surface area contributed by atoms with Crippen LogP contribution in [0.15, 0.2) is 48.7 Å². The molecule has 0 aliphatic carbocycles. The number of aromatic nitrogens is 1. The second kappa shape index (κ2) is 9.71. The van der Waals surface area contributed by atoms with Gasteiger partial charge in [0.05, 0.1) is 25.6 Å². The van der Waals surface area contributed by atoms with Crippen LogP contribution in [0.25, 0.3) is 0 Å². The van der Waals surface area contributed by atoms with Crippen LogP contribution in [-0.2, 0) is 9.59 Å². The second-order valence-electron chi connectivity index (χ2n) is 7.22. The minimum atomic E-state index is -0.725. The third-order valence-corrected chi connectivity index (χ3v) is 5.09. The first-order valence-corrected chi connectivity index (χ1v) is 9.73. The molecule has 1 aliphatic heterocycles. The van der Waals surface area contributed by atoms with E-state index >= 15 is 0 Å². The molecule has 1 aromatic carbocycles. The van der Waals surface area contributed by atoms with Crippen molar-refractivity contribution < 1.29 is 19.1 Å². The predicted molar refractivity (Wildman–Crippen MR) is 112 cm³/mol. The van der Waals surface area contributed by atoms with Gasteiger partial charge in [-0.25, -0.2) is 0 Å². The molecule has 2 aromatic rings. The Morgan fingerprint density at radius 3 is 2.71 bits per heavy atom. The molecule has 9 nitrogen and oxygen atoms in total. The molecule has 0 bridgehead atoms. The molecule has 31 heavy (non-hydrogen) atoms. The predicted octanol–water partition coefficient (Wildman–Crippen LogP) is 1.54. The van der Waals surface area contributed by atoms with Crippen LogP contribution < -0.4 is 10.1 Å². The van der Waals surface area contributed by atoms with E-state index in [4.69, 9.17) is 4.74 Å². The monoisotopic (exact) mass is 421 g/mol. The number of pyridine rings is 1. The van der Waals surface area contributed by atoms with Gasteiger partial charge >= 0.3 is 0 Å². The molecule has 0 spiro atoms. The smallest absolute Gasteiger partial charge is 0.272 e. The fourth-order valence-corrected chi connectivity index (χ4v) is 3.41. The topological polar surface area (TPSA) is 116 Å². The van der Waals surface area contributed by atoms with Gasteiger partial charge in [-0.3, -0.25) is 19.4 Å². The number of benzene rings is 1. The fourth-order valence-electron chi connectivity index (χ4n) is 3.41. The molecule has 3 rings (SSSR count). The standard InChI is InChI=1S/C22H23N5O4/c1-26(22(30)19-11-18(31-2)8-9-24-19)14-20(28)27-13-15(10-17(27)12-23)21(29)25-16-6-4-3-5-7-16/h3-9,11,15,17H,10,13-14H2,1-2H3,(H,25,29). The summed E-state index contributed by atoms with van der Waals surface area (Å²) in [7, 11) is 2.97. The number of nitrogens with one attached hydrogen (secondary N) is 1. The van der Waals surface area contributed by atoms with Crippen molar-refractivity contribution in [3.8, 4) is 11.8 Å². The summed E-state index contributed by atoms with van der Waals surface area (Å²) in [5.74, 6) is -1.12. The summed E-state index contributed by atoms with van der Waals surface area (Å²) in [5, 5.41) is 12.3. The van der Waals surface area contributed by atoms with Crippen LogP contribution in [0.2, 0.25) is 0 Å². The highest BCUT2D eigenvalue weighted by atomic mass is 16.5. The fraction of sp³-hybridized carbons (Fsp3) is 0.318. The molecule has 2 unspecified atom stereocenters. The van der Waals surface area contributed by atoms with Gasteiger partial charge in [-0.2, -0.15) is 5.26 Å². The minimum absolute atomic E-state index is 0.120. The SMILES string of the molecule is COc1ccnc(C(=O)N(C)CC(=O)N2CC(C(=O)Nc3ccccc3)CC2C#N)c1. The van der Waals surface area contributed by atoms with Crippen molar-refractivity contribution in [3.05, 3.63) is 54.4 Å². The molecule has 0 radical (unpaired) electrons. The number of nitrogens with zero attached hydrogens (tertiary/aromatic N) is 4. The summed E-state index contributed by atoms with van der Waals surface area (Å²) in [4.78, 5) is 44.6. The quantitative estimate of drug-likeness (QED) is 0.756. The molecule has 0 saturated carbocycles. The second-order valence-corrected chi connectivity index (χ2v) is 7.22. The van der Waals surface area contributed by atoms with E-state index in [1.165, 1.54) is 36.2 Å². The number of amides is 3. The first kappa shape index (κ1) is 21.8. The number of rotatable bonds is 6. The van der Waals surface area contributed by atoms with E-state index in [1.807, 2.05) is 18.2 Å². The highest BCUT2D eigenvalue weighted by molar-refractivity contribution is 5.96. The number of hydrogen-bond donors (Lipinski definition) is 1. The molecule has 2 heterocycles. The van der Waals surface area contributed by atoms with E-state index in [0.717, 1.165) is 0 Å². The number of nitriles is 1. The van der Waals surface area contributed by atoms with Gasteiger partial charge in [0, 0.05) is 31.5 Å². The maximum Gasteiger partial charge on any atom is 0.272 e. The number of anilines is 1. The Balaban J connectivity index is 1.62. The van der Waals surface area contributed by atoms with Crippen molar-refractivity contribution in [2.75, 3.05) is 32.6 Å². The van der Waals surface area contributed by atoms with E-state index in [0.29, 0.717) is 11.4 Å². The number of ether oxygens (including phenoxy) is 1. The summed E-state index contributed by atoms with van der Waals surface area (Å²) in [6, 6.07) is 13.5. The Morgan fingerprint density at radius 2 is 2.03 bits per heavy atom. The van der Waals surface area contributed by atoms with Crippen LogP contribution in [0.3, 0.4) is 0 Å². The largest absolute Gasteiger partial charge is 0.497 e. The summed E-state index contributed by atoms with van der Waals surface area (Å²) < 4.78 is 5.09. The lowest BCUT2D eigenvalue weighted by atomic mass is 10.1. The normalized spacial score (nSPS) is 17.5. The average molecular weight is 421 g/mol. The summed E-state index contributed by atoms with van der Waals surface area (Å²) in [6.07, 6.45) is 1.69. The van der Waals surface area contributed by atoms with Crippen LogP contribution in [0.1, 0.15) is 16.9 Å². The van der Waals surface area contributed by atoms with E-state index in [-0.39, 0.29) is 31.1 Å². The van der Waals surface area contributed by atoms with E-state index in [2.05, 4.69) is 16.4 Å². The van der Waals surface area contributed by atoms with Gasteiger partial charge < -0.3 is 19.9 Å². The Hall–Kier alpha value is -3.93. The van der Waals surface area contributed by atoms with Crippen LogP contribution in [0.5, 0.6) is 5.75 Å². The van der Waals surface area contributed by atoms with E-state index < -0.39 is 23.8 Å². The number of carbonyl (C=O) groups is 3. The minimum Gasteiger partial charge on any atom is -0.497 e. The van der Waals surface area contributed by atoms with Crippen molar-refractivity contribution in [1.29, 1.82) is 5.26 Å². The van der Waals surface area contributed by atoms with E-state index in [1.54, 1.807) is 18.2 Å². The molecule has 1 aliphatic rings. The van der Waals surface area contributed by atoms with Gasteiger partial charge in [0.15, 0.2) is 0 Å². The van der Waals surface area contributed by atoms with Gasteiger partial charge in [0.2, 0.25) is 11.8 Å². The number of para-hydroxylation sites is 1. The van der Waals surface area contributed by atoms with Gasteiger partial charge in [-0.15, -0.1) is 0 Å². The molecule has 1 N–H and O–H groups in total. The number of likely N-dealkylation sites (tertiary alicyclic amines) is 1. The number of hydrogen-bond acceptors (Lipinski definition) is 6. The molecule has 1 aromatic heterocycles. The number of methoxy groups -OCH3 is 1. The zero-order chi connectivity index (χ0) is 22.4. The number of carbonyl (C=O) groups excluding carboxylic acids is 3. The lowest BCUT2D eigenvalue weighted by molar-refractivity contribution is -0.131. The molecular weight excluding hydrogens is 398 g/mol. The van der Waals surface area contributed by atoms with Gasteiger partial charge in [0.1, 0.15) is 17.5 Å². The maximum absolute atomic E-state index is 12.8. The average Bonchev–Trinajstić information content (AvgIpc) is 3.24. The van der Waals surface area contributed by atoms with Crippen LogP contribution in [0, 0.1) is 17.2 Å². The van der Waals surface area contributed by atoms with Crippen LogP contribution in [0.4, 0.5) is 5.69 Å². The lowest BCUT2D eigenvalue weighted by Gasteiger charge is -2.23. The summed E-state index contributed by atoms with van der Waals surface area (Å²) >= 11 is 0. The Labute approximate surface area is 180 Å². The third-order valence-electron chi connectivity index (χ3n) is 5.09. The van der Waals surface area contributed by atoms with Crippen molar-refractivity contribution in [3.63, 3.8) is 0 Å². The van der Waals surface area contributed by atoms with Crippen molar-refractivity contribution >= 4 is 23.4 Å². The van der Waals surface area contributed by atoms with Crippen molar-refractivity contribution in [2.45, 2.75) is 12.5 Å². The maximum atomic E-state index is 12.8. The summed E-state index contributed by atoms with van der Waals surface area (Å²) in [5.41, 5.74) is 0.801. The molecule has 9 heteroatoms. The zero-order valence-corrected chi connectivity index (χ0v) is 17.3. The number of likely N-dealkylation sites (N-methyl/N-ethyl adjacent to an activating group) is 1. The third kappa shape index (κ3) is 5.17. The van der Waals surface area contributed by atoms with Crippen LogP contribution in [-0.4, -0.2) is 65.8 Å². The first-order valence-electron chi connectivity index (χ1n) is 9.73. The van der Waals surface area contributed by atoms with E-state index in [9.17, 15) is 19.6 Å². The Kier molecular flexibility index (Phi) is 6.82. The summed E-state index contributed by atoms with van der Waals surface area (Å²) in [6.45, 7) is -0.113. The van der Waals surface area contributed by atoms with Gasteiger partial charge in [-0.1, -0.05) is 18.2 Å². The van der Waals surface area contributed by atoms with Crippen LogP contribution >= 0.6 is 0 Å². The molecule has 1 fully saturated rings. The van der Waals surface area contributed by atoms with Crippen molar-refractivity contribution in [1.82, 2.24) is 14.8 Å². The molecule has 2 atom stereocenters.